The van der Waals surface area contributed by atoms with Gasteiger partial charge in [0, 0.05) is 11.1 Å². The van der Waals surface area contributed by atoms with Gasteiger partial charge in [-0.2, -0.15) is 0 Å². The van der Waals surface area contributed by atoms with Gasteiger partial charge in [-0.3, -0.25) is 0 Å². The van der Waals surface area contributed by atoms with Crippen LogP contribution in [0.15, 0.2) is 18.2 Å². The van der Waals surface area contributed by atoms with Gasteiger partial charge in [0.05, 0.1) is 0 Å². The maximum Gasteiger partial charge on any atom is 0.124 e. The topological polar surface area (TPSA) is 12.0 Å². The average Bonchev–Trinajstić information content (AvgIpc) is 2.43. The summed E-state index contributed by atoms with van der Waals surface area (Å²) in [5.41, 5.74) is 1.05. The molecule has 0 bridgehead atoms. The second-order valence-electron chi connectivity index (χ2n) is 5.93. The quantitative estimate of drug-likeness (QED) is 0.781. The molecular weight excluding hydrogens is 273 g/mol. The van der Waals surface area contributed by atoms with Crippen molar-refractivity contribution in [2.24, 2.45) is 5.92 Å². The number of halogens is 2. The summed E-state index contributed by atoms with van der Waals surface area (Å²) in [7, 11) is 0. The molecular formula is C17H25ClFN. The Kier molecular flexibility index (Phi) is 6.31. The second kappa shape index (κ2) is 7.99. The van der Waals surface area contributed by atoms with Crippen molar-refractivity contribution in [1.29, 1.82) is 0 Å². The fourth-order valence-electron chi connectivity index (χ4n) is 3.31. The van der Waals surface area contributed by atoms with E-state index in [4.69, 9.17) is 11.6 Å². The molecule has 1 N–H and O–H groups in total. The standard InChI is InChI=1S/C17H25ClFN/c1-2-20-16(10-13-6-4-3-5-7-13)11-14-8-9-15(19)12-17(14)18/h8-9,12-13,16,20H,2-7,10-11H2,1H3. The zero-order chi connectivity index (χ0) is 14.4. The number of hydrogen-bond donors (Lipinski definition) is 1. The molecule has 1 unspecified atom stereocenters. The predicted octanol–water partition coefficient (Wildman–Crippen LogP) is 4.97. The van der Waals surface area contributed by atoms with Crippen molar-refractivity contribution in [3.63, 3.8) is 0 Å². The van der Waals surface area contributed by atoms with Crippen LogP contribution in [0.25, 0.3) is 0 Å². The summed E-state index contributed by atoms with van der Waals surface area (Å²) in [5, 5.41) is 4.12. The molecule has 1 atom stereocenters. The lowest BCUT2D eigenvalue weighted by molar-refractivity contribution is 0.298. The zero-order valence-corrected chi connectivity index (χ0v) is 13.1. The van der Waals surface area contributed by atoms with Crippen molar-refractivity contribution in [3.8, 4) is 0 Å². The smallest absolute Gasteiger partial charge is 0.124 e. The molecule has 3 heteroatoms. The molecule has 0 heterocycles. The van der Waals surface area contributed by atoms with Crippen molar-refractivity contribution >= 4 is 11.6 Å². The molecule has 2 rings (SSSR count). The number of benzene rings is 1. The summed E-state index contributed by atoms with van der Waals surface area (Å²) < 4.78 is 13.1. The average molecular weight is 298 g/mol. The maximum atomic E-state index is 13.1. The molecule has 112 valence electrons. The monoisotopic (exact) mass is 297 g/mol. The van der Waals surface area contributed by atoms with Gasteiger partial charge in [0.15, 0.2) is 0 Å². The van der Waals surface area contributed by atoms with E-state index in [-0.39, 0.29) is 5.82 Å². The Morgan fingerprint density at radius 1 is 1.30 bits per heavy atom. The maximum absolute atomic E-state index is 13.1. The minimum Gasteiger partial charge on any atom is -0.314 e. The van der Waals surface area contributed by atoms with Crippen molar-refractivity contribution < 1.29 is 4.39 Å². The highest BCUT2D eigenvalue weighted by atomic mass is 35.5. The minimum absolute atomic E-state index is 0.258. The molecule has 1 nitrogen and oxygen atoms in total. The van der Waals surface area contributed by atoms with Crippen LogP contribution in [-0.4, -0.2) is 12.6 Å². The van der Waals surface area contributed by atoms with E-state index < -0.39 is 0 Å². The van der Waals surface area contributed by atoms with Crippen molar-refractivity contribution in [2.75, 3.05) is 6.54 Å². The number of hydrogen-bond acceptors (Lipinski definition) is 1. The lowest BCUT2D eigenvalue weighted by atomic mass is 9.83. The van der Waals surface area contributed by atoms with Crippen LogP contribution in [0.2, 0.25) is 5.02 Å². The van der Waals surface area contributed by atoms with Crippen molar-refractivity contribution in [3.05, 3.63) is 34.6 Å². The molecule has 1 aromatic carbocycles. The first kappa shape index (κ1) is 15.8. The highest BCUT2D eigenvalue weighted by molar-refractivity contribution is 6.31. The third kappa shape index (κ3) is 4.75. The molecule has 0 saturated heterocycles. The fraction of sp³-hybridized carbons (Fsp3) is 0.647. The highest BCUT2D eigenvalue weighted by Gasteiger charge is 2.19. The summed E-state index contributed by atoms with van der Waals surface area (Å²) in [6, 6.07) is 5.19. The van der Waals surface area contributed by atoms with Gasteiger partial charge in [-0.15, -0.1) is 0 Å². The Hall–Kier alpha value is -0.600. The number of nitrogens with one attached hydrogen (secondary N) is 1. The Bertz CT molecular complexity index is 415. The number of likely N-dealkylation sites (N-methyl/N-ethyl adjacent to an activating group) is 1. The summed E-state index contributed by atoms with van der Waals surface area (Å²) in [6.07, 6.45) is 8.97. The molecule has 0 spiro atoms. The van der Waals surface area contributed by atoms with Gasteiger partial charge in [-0.05, 0) is 43.0 Å². The molecule has 1 aliphatic rings. The van der Waals surface area contributed by atoms with Crippen LogP contribution in [0.4, 0.5) is 4.39 Å². The van der Waals surface area contributed by atoms with Gasteiger partial charge in [0.1, 0.15) is 5.82 Å². The van der Waals surface area contributed by atoms with Crippen LogP contribution in [-0.2, 0) is 6.42 Å². The minimum atomic E-state index is -0.258. The Balaban J connectivity index is 1.96. The molecule has 0 radical (unpaired) electrons. The van der Waals surface area contributed by atoms with Crippen LogP contribution in [0.5, 0.6) is 0 Å². The van der Waals surface area contributed by atoms with Crippen molar-refractivity contribution in [2.45, 2.75) is 57.9 Å². The van der Waals surface area contributed by atoms with E-state index >= 15 is 0 Å². The molecule has 1 saturated carbocycles. The SMILES string of the molecule is CCNC(Cc1ccc(F)cc1Cl)CC1CCCCC1. The van der Waals surface area contributed by atoms with E-state index in [0.29, 0.717) is 11.1 Å². The molecule has 1 fully saturated rings. The Morgan fingerprint density at radius 2 is 2.05 bits per heavy atom. The molecule has 1 aromatic rings. The van der Waals surface area contributed by atoms with Gasteiger partial charge in [0.25, 0.3) is 0 Å². The van der Waals surface area contributed by atoms with E-state index in [1.807, 2.05) is 6.07 Å². The molecule has 0 amide bonds. The summed E-state index contributed by atoms with van der Waals surface area (Å²) >= 11 is 6.15. The zero-order valence-electron chi connectivity index (χ0n) is 12.3. The predicted molar refractivity (Wildman–Crippen MR) is 83.8 cm³/mol. The third-order valence-corrected chi connectivity index (χ3v) is 4.67. The lowest BCUT2D eigenvalue weighted by Gasteiger charge is -2.27. The normalized spacial score (nSPS) is 18.1. The first-order valence-corrected chi connectivity index (χ1v) is 8.24. The van der Waals surface area contributed by atoms with E-state index in [2.05, 4.69) is 12.2 Å². The van der Waals surface area contributed by atoms with Crippen LogP contribution >= 0.6 is 11.6 Å². The van der Waals surface area contributed by atoms with E-state index in [9.17, 15) is 4.39 Å². The van der Waals surface area contributed by atoms with Crippen LogP contribution < -0.4 is 5.32 Å². The molecule has 0 aromatic heterocycles. The molecule has 0 aliphatic heterocycles. The summed E-state index contributed by atoms with van der Waals surface area (Å²) in [4.78, 5) is 0. The molecule has 20 heavy (non-hydrogen) atoms. The van der Waals surface area contributed by atoms with Crippen LogP contribution in [0.1, 0.15) is 51.0 Å². The van der Waals surface area contributed by atoms with Gasteiger partial charge >= 0.3 is 0 Å². The first-order valence-electron chi connectivity index (χ1n) is 7.86. The van der Waals surface area contributed by atoms with Crippen LogP contribution in [0.3, 0.4) is 0 Å². The summed E-state index contributed by atoms with van der Waals surface area (Å²) in [6.45, 7) is 3.11. The Labute approximate surface area is 126 Å². The van der Waals surface area contributed by atoms with Gasteiger partial charge < -0.3 is 5.32 Å². The fourth-order valence-corrected chi connectivity index (χ4v) is 3.55. The van der Waals surface area contributed by atoms with Gasteiger partial charge in [-0.25, -0.2) is 4.39 Å². The Morgan fingerprint density at radius 3 is 2.70 bits per heavy atom. The van der Waals surface area contributed by atoms with Gasteiger partial charge in [0.2, 0.25) is 0 Å². The lowest BCUT2D eigenvalue weighted by Crippen LogP contribution is -2.33. The third-order valence-electron chi connectivity index (χ3n) is 4.32. The van der Waals surface area contributed by atoms with E-state index in [1.165, 1.54) is 50.7 Å². The summed E-state index contributed by atoms with van der Waals surface area (Å²) in [5.74, 6) is 0.582. The highest BCUT2D eigenvalue weighted by Crippen LogP contribution is 2.29. The first-order chi connectivity index (χ1) is 9.69. The number of rotatable bonds is 6. The molecule has 1 aliphatic carbocycles. The van der Waals surface area contributed by atoms with E-state index in [1.54, 1.807) is 0 Å². The van der Waals surface area contributed by atoms with Crippen LogP contribution in [0, 0.1) is 11.7 Å². The van der Waals surface area contributed by atoms with Crippen molar-refractivity contribution in [1.82, 2.24) is 5.32 Å². The largest absolute Gasteiger partial charge is 0.314 e. The van der Waals surface area contributed by atoms with Gasteiger partial charge in [-0.1, -0.05) is 56.7 Å². The second-order valence-corrected chi connectivity index (χ2v) is 6.34. The van der Waals surface area contributed by atoms with E-state index in [0.717, 1.165) is 24.4 Å².